The number of aromatic carboxylic acids is 1. The minimum Gasteiger partial charge on any atom is -0.507 e. The van der Waals surface area contributed by atoms with Gasteiger partial charge in [0.15, 0.2) is 0 Å². The molecule has 4 heteroatoms. The molecular formula is C15H11NO3. The number of fused-ring (bicyclic) bond motifs is 1. The van der Waals surface area contributed by atoms with Gasteiger partial charge in [0.05, 0.1) is 5.56 Å². The molecule has 4 nitrogen and oxygen atoms in total. The standard InChI is InChI=1S/C15H11NO3/c17-14-7-3-6-12-11(14)8-13(16-12)9-4-1-2-5-10(9)15(18)19/h1-8,16-17H,(H,18,19). The molecule has 0 aliphatic heterocycles. The van der Waals surface area contributed by atoms with Crippen LogP contribution in [0.25, 0.3) is 22.2 Å². The van der Waals surface area contributed by atoms with Gasteiger partial charge in [0, 0.05) is 22.2 Å². The van der Waals surface area contributed by atoms with E-state index in [4.69, 9.17) is 0 Å². The van der Waals surface area contributed by atoms with Gasteiger partial charge in [0.1, 0.15) is 5.75 Å². The molecule has 2 aromatic carbocycles. The molecule has 0 spiro atoms. The number of hydrogen-bond acceptors (Lipinski definition) is 2. The maximum Gasteiger partial charge on any atom is 0.336 e. The first kappa shape index (κ1) is 11.3. The van der Waals surface area contributed by atoms with Crippen LogP contribution in [0, 0.1) is 0 Å². The lowest BCUT2D eigenvalue weighted by atomic mass is 10.0. The van der Waals surface area contributed by atoms with Crippen LogP contribution in [0.3, 0.4) is 0 Å². The second-order valence-electron chi connectivity index (χ2n) is 4.27. The van der Waals surface area contributed by atoms with Crippen molar-refractivity contribution in [2.24, 2.45) is 0 Å². The Morgan fingerprint density at radius 2 is 1.84 bits per heavy atom. The number of nitrogens with one attached hydrogen (secondary N) is 1. The van der Waals surface area contributed by atoms with Crippen molar-refractivity contribution in [2.75, 3.05) is 0 Å². The van der Waals surface area contributed by atoms with Gasteiger partial charge in [-0.15, -0.1) is 0 Å². The van der Waals surface area contributed by atoms with Gasteiger partial charge < -0.3 is 15.2 Å². The molecule has 1 heterocycles. The third kappa shape index (κ3) is 1.83. The van der Waals surface area contributed by atoms with Crippen molar-refractivity contribution in [1.82, 2.24) is 4.98 Å². The second kappa shape index (κ2) is 4.17. The van der Waals surface area contributed by atoms with Gasteiger partial charge in [-0.05, 0) is 24.3 Å². The van der Waals surface area contributed by atoms with E-state index >= 15 is 0 Å². The number of phenolic OH excluding ortho intramolecular Hbond substituents is 1. The minimum atomic E-state index is -0.974. The third-order valence-corrected chi connectivity index (χ3v) is 3.09. The molecule has 0 saturated heterocycles. The smallest absolute Gasteiger partial charge is 0.336 e. The molecule has 0 bridgehead atoms. The molecule has 19 heavy (non-hydrogen) atoms. The Hall–Kier alpha value is -2.75. The summed E-state index contributed by atoms with van der Waals surface area (Å²) in [5, 5.41) is 19.6. The zero-order chi connectivity index (χ0) is 13.4. The fourth-order valence-electron chi connectivity index (χ4n) is 2.19. The van der Waals surface area contributed by atoms with Crippen molar-refractivity contribution in [1.29, 1.82) is 0 Å². The normalized spacial score (nSPS) is 10.7. The summed E-state index contributed by atoms with van der Waals surface area (Å²) in [6.07, 6.45) is 0. The van der Waals surface area contributed by atoms with Crippen molar-refractivity contribution in [3.8, 4) is 17.0 Å². The average molecular weight is 253 g/mol. The molecule has 0 unspecified atom stereocenters. The van der Waals surface area contributed by atoms with Gasteiger partial charge in [0.2, 0.25) is 0 Å². The van der Waals surface area contributed by atoms with Gasteiger partial charge in [-0.1, -0.05) is 24.3 Å². The van der Waals surface area contributed by atoms with Crippen molar-refractivity contribution < 1.29 is 15.0 Å². The number of H-pyrrole nitrogens is 1. The SMILES string of the molecule is O=C(O)c1ccccc1-c1cc2c(O)cccc2[nH]1. The highest BCUT2D eigenvalue weighted by molar-refractivity contribution is 5.98. The molecule has 94 valence electrons. The number of carbonyl (C=O) groups is 1. The van der Waals surface area contributed by atoms with Gasteiger partial charge in [-0.2, -0.15) is 0 Å². The predicted octanol–water partition coefficient (Wildman–Crippen LogP) is 3.24. The zero-order valence-corrected chi connectivity index (χ0v) is 9.92. The summed E-state index contributed by atoms with van der Waals surface area (Å²) in [5.74, 6) is -0.800. The Morgan fingerprint density at radius 3 is 2.58 bits per heavy atom. The number of carboxylic acid groups (broad SMARTS) is 1. The molecule has 0 saturated carbocycles. The maximum absolute atomic E-state index is 11.2. The Bertz CT molecular complexity index is 774. The van der Waals surface area contributed by atoms with Crippen molar-refractivity contribution in [2.45, 2.75) is 0 Å². The van der Waals surface area contributed by atoms with Crippen LogP contribution in [0.5, 0.6) is 5.75 Å². The number of hydrogen-bond donors (Lipinski definition) is 3. The molecule has 3 N–H and O–H groups in total. The summed E-state index contributed by atoms with van der Waals surface area (Å²) in [6, 6.07) is 13.7. The molecular weight excluding hydrogens is 242 g/mol. The highest BCUT2D eigenvalue weighted by atomic mass is 16.4. The summed E-state index contributed by atoms with van der Waals surface area (Å²) in [7, 11) is 0. The zero-order valence-electron chi connectivity index (χ0n) is 9.92. The van der Waals surface area contributed by atoms with Gasteiger partial charge >= 0.3 is 5.97 Å². The fourth-order valence-corrected chi connectivity index (χ4v) is 2.19. The average Bonchev–Trinajstić information content (AvgIpc) is 2.84. The molecule has 0 atom stereocenters. The first-order valence-corrected chi connectivity index (χ1v) is 5.80. The molecule has 0 amide bonds. The van der Waals surface area contributed by atoms with E-state index < -0.39 is 5.97 Å². The Labute approximate surface area is 108 Å². The fraction of sp³-hybridized carbons (Fsp3) is 0. The maximum atomic E-state index is 11.2. The number of rotatable bonds is 2. The molecule has 3 rings (SSSR count). The summed E-state index contributed by atoms with van der Waals surface area (Å²) in [5.41, 5.74) is 2.28. The van der Waals surface area contributed by atoms with Crippen LogP contribution in [-0.4, -0.2) is 21.2 Å². The van der Waals surface area contributed by atoms with Gasteiger partial charge in [-0.25, -0.2) is 4.79 Å². The van der Waals surface area contributed by atoms with E-state index in [0.29, 0.717) is 16.6 Å². The van der Waals surface area contributed by atoms with Crippen LogP contribution in [0.2, 0.25) is 0 Å². The van der Waals surface area contributed by atoms with Crippen molar-refractivity contribution in [3.63, 3.8) is 0 Å². The lowest BCUT2D eigenvalue weighted by Gasteiger charge is -2.02. The van der Waals surface area contributed by atoms with E-state index in [1.807, 2.05) is 6.07 Å². The van der Waals surface area contributed by atoms with Gasteiger partial charge in [-0.3, -0.25) is 0 Å². The van der Waals surface area contributed by atoms with Crippen LogP contribution in [-0.2, 0) is 0 Å². The highest BCUT2D eigenvalue weighted by Gasteiger charge is 2.13. The number of aromatic nitrogens is 1. The Kier molecular flexibility index (Phi) is 2.49. The lowest BCUT2D eigenvalue weighted by Crippen LogP contribution is -1.98. The van der Waals surface area contributed by atoms with Crippen LogP contribution in [0.1, 0.15) is 10.4 Å². The highest BCUT2D eigenvalue weighted by Crippen LogP contribution is 2.31. The van der Waals surface area contributed by atoms with E-state index in [9.17, 15) is 15.0 Å². The van der Waals surface area contributed by atoms with Crippen LogP contribution in [0.15, 0.2) is 48.5 Å². The first-order chi connectivity index (χ1) is 9.16. The molecule has 0 aliphatic carbocycles. The largest absolute Gasteiger partial charge is 0.507 e. The van der Waals surface area contributed by atoms with E-state index in [2.05, 4.69) is 4.98 Å². The van der Waals surface area contributed by atoms with Crippen molar-refractivity contribution in [3.05, 3.63) is 54.1 Å². The summed E-state index contributed by atoms with van der Waals surface area (Å²) in [4.78, 5) is 14.3. The Morgan fingerprint density at radius 1 is 1.05 bits per heavy atom. The number of aromatic hydroxyl groups is 1. The molecule has 1 aromatic heterocycles. The van der Waals surface area contributed by atoms with Crippen LogP contribution >= 0.6 is 0 Å². The molecule has 0 fully saturated rings. The summed E-state index contributed by atoms with van der Waals surface area (Å²) in [6.45, 7) is 0. The van der Waals surface area contributed by atoms with Gasteiger partial charge in [0.25, 0.3) is 0 Å². The lowest BCUT2D eigenvalue weighted by molar-refractivity contribution is 0.0697. The first-order valence-electron chi connectivity index (χ1n) is 5.80. The topological polar surface area (TPSA) is 73.3 Å². The van der Waals surface area contributed by atoms with Crippen LogP contribution in [0.4, 0.5) is 0 Å². The molecule has 0 aliphatic rings. The van der Waals surface area contributed by atoms with E-state index in [1.165, 1.54) is 0 Å². The third-order valence-electron chi connectivity index (χ3n) is 3.09. The minimum absolute atomic E-state index is 0.174. The van der Waals surface area contributed by atoms with Crippen molar-refractivity contribution >= 4 is 16.9 Å². The number of phenols is 1. The predicted molar refractivity (Wildman–Crippen MR) is 72.4 cm³/mol. The molecule has 0 radical (unpaired) electrons. The number of carboxylic acids is 1. The van der Waals surface area contributed by atoms with Crippen LogP contribution < -0.4 is 0 Å². The summed E-state index contributed by atoms with van der Waals surface area (Å²) < 4.78 is 0. The number of aromatic amines is 1. The second-order valence-corrected chi connectivity index (χ2v) is 4.27. The summed E-state index contributed by atoms with van der Waals surface area (Å²) >= 11 is 0. The Balaban J connectivity index is 2.25. The molecule has 3 aromatic rings. The number of benzene rings is 2. The van der Waals surface area contributed by atoms with E-state index in [1.54, 1.807) is 42.5 Å². The van der Waals surface area contributed by atoms with E-state index in [-0.39, 0.29) is 11.3 Å². The quantitative estimate of drug-likeness (QED) is 0.656. The monoisotopic (exact) mass is 253 g/mol. The van der Waals surface area contributed by atoms with E-state index in [0.717, 1.165) is 5.52 Å².